The molecule has 0 aliphatic carbocycles. The number of oxime groups is 1. The van der Waals surface area contributed by atoms with Crippen LogP contribution in [0.4, 0.5) is 5.13 Å². The first-order valence-electron chi connectivity index (χ1n) is 12.1. The molecule has 43 heavy (non-hydrogen) atoms. The molecule has 3 heterocycles. The molecule has 0 radical (unpaired) electrons. The number of carbonyl (C=O) groups is 5. The van der Waals surface area contributed by atoms with Crippen molar-refractivity contribution < 1.29 is 48.9 Å². The molecule has 19 heteroatoms. The topological polar surface area (TPSA) is 255 Å². The molecule has 3 amide bonds. The highest BCUT2D eigenvalue weighted by molar-refractivity contribution is 8.00. The number of amides is 3. The van der Waals surface area contributed by atoms with Gasteiger partial charge in [0.15, 0.2) is 28.9 Å². The van der Waals surface area contributed by atoms with Gasteiger partial charge in [-0.15, -0.1) is 23.1 Å². The van der Waals surface area contributed by atoms with Crippen LogP contribution in [0.5, 0.6) is 11.5 Å². The summed E-state index contributed by atoms with van der Waals surface area (Å²) in [6.07, 6.45) is 1.20. The molecule has 0 spiro atoms. The van der Waals surface area contributed by atoms with Gasteiger partial charge in [0, 0.05) is 23.6 Å². The molecule has 1 fully saturated rings. The van der Waals surface area contributed by atoms with E-state index in [1.165, 1.54) is 48.5 Å². The maximum Gasteiger partial charge on any atom is 0.352 e. The van der Waals surface area contributed by atoms with Crippen LogP contribution >= 0.6 is 23.1 Å². The SMILES string of the molecule is CC(=O)OCC1=C(C(=O)O)N2C(=O)C(NC(=O)C(=NOCC(=O)NN=Cc3ccc(O)c(O)c3)c3csc(N)n3)[C@@H]2SC1. The molecule has 2 aliphatic rings. The van der Waals surface area contributed by atoms with E-state index in [2.05, 4.69) is 26.0 Å². The van der Waals surface area contributed by atoms with Gasteiger partial charge in [-0.05, 0) is 23.8 Å². The number of aliphatic carboxylic acids is 1. The van der Waals surface area contributed by atoms with Crippen LogP contribution in [0.3, 0.4) is 0 Å². The van der Waals surface area contributed by atoms with Crippen LogP contribution in [-0.2, 0) is 33.5 Å². The van der Waals surface area contributed by atoms with Crippen molar-refractivity contribution in [1.29, 1.82) is 0 Å². The van der Waals surface area contributed by atoms with E-state index in [4.69, 9.17) is 15.3 Å². The van der Waals surface area contributed by atoms with Gasteiger partial charge in [0.05, 0.1) is 6.21 Å². The number of benzene rings is 1. The van der Waals surface area contributed by atoms with Crippen molar-refractivity contribution >= 4 is 69.8 Å². The number of hydrazone groups is 1. The molecule has 2 atom stereocenters. The number of β-lactam (4-membered cyclic amide) rings is 1. The number of thioether (sulfide) groups is 1. The maximum atomic E-state index is 13.2. The number of phenols is 2. The van der Waals surface area contributed by atoms with Crippen molar-refractivity contribution in [2.45, 2.75) is 18.3 Å². The molecule has 7 N–H and O–H groups in total. The zero-order chi connectivity index (χ0) is 31.3. The molecule has 4 rings (SSSR count). The van der Waals surface area contributed by atoms with Crippen LogP contribution in [0.1, 0.15) is 18.2 Å². The van der Waals surface area contributed by atoms with Crippen LogP contribution in [0, 0.1) is 0 Å². The van der Waals surface area contributed by atoms with Crippen molar-refractivity contribution in [3.05, 3.63) is 46.1 Å². The number of thiazole rings is 1. The predicted octanol–water partition coefficient (Wildman–Crippen LogP) is -0.691. The van der Waals surface area contributed by atoms with E-state index in [-0.39, 0.29) is 46.0 Å². The third kappa shape index (κ3) is 7.19. The molecule has 226 valence electrons. The number of phenolic OH excluding ortho intramolecular Hbond substituents is 2. The van der Waals surface area contributed by atoms with Crippen LogP contribution in [0.25, 0.3) is 0 Å². The van der Waals surface area contributed by atoms with Gasteiger partial charge in [0.25, 0.3) is 17.7 Å². The Balaban J connectivity index is 1.41. The fraction of sp³-hybridized carbons (Fsp3) is 0.250. The number of ether oxygens (including phenoxy) is 1. The number of rotatable bonds is 11. The summed E-state index contributed by atoms with van der Waals surface area (Å²) in [6, 6.07) is 2.77. The van der Waals surface area contributed by atoms with E-state index < -0.39 is 53.4 Å². The van der Waals surface area contributed by atoms with Crippen molar-refractivity contribution in [2.24, 2.45) is 10.3 Å². The van der Waals surface area contributed by atoms with E-state index in [1.807, 2.05) is 0 Å². The van der Waals surface area contributed by atoms with Gasteiger partial charge in [-0.25, -0.2) is 15.2 Å². The number of fused-ring (bicyclic) bond motifs is 1. The quantitative estimate of drug-likeness (QED) is 0.0590. The summed E-state index contributed by atoms with van der Waals surface area (Å²) in [5.74, 6) is -4.93. The summed E-state index contributed by atoms with van der Waals surface area (Å²) in [6.45, 7) is 0.198. The highest BCUT2D eigenvalue weighted by Gasteiger charge is 2.54. The maximum absolute atomic E-state index is 13.2. The number of carbonyl (C=O) groups excluding carboxylic acids is 4. The Kier molecular flexibility index (Phi) is 9.46. The van der Waals surface area contributed by atoms with Gasteiger partial charge in [0.1, 0.15) is 29.4 Å². The highest BCUT2D eigenvalue weighted by Crippen LogP contribution is 2.40. The van der Waals surface area contributed by atoms with E-state index in [0.29, 0.717) is 5.56 Å². The number of nitrogen functional groups attached to an aromatic ring is 1. The number of hydrogen-bond donors (Lipinski definition) is 6. The van der Waals surface area contributed by atoms with Crippen molar-refractivity contribution in [3.63, 3.8) is 0 Å². The summed E-state index contributed by atoms with van der Waals surface area (Å²) in [7, 11) is 0. The third-order valence-corrected chi connectivity index (χ3v) is 7.73. The number of nitrogens with two attached hydrogens (primary N) is 1. The van der Waals surface area contributed by atoms with E-state index in [9.17, 15) is 39.3 Å². The fourth-order valence-corrected chi connectivity index (χ4v) is 5.66. The molecule has 1 aromatic carbocycles. The van der Waals surface area contributed by atoms with Gasteiger partial charge in [-0.2, -0.15) is 5.10 Å². The lowest BCUT2D eigenvalue weighted by atomic mass is 10.0. The summed E-state index contributed by atoms with van der Waals surface area (Å²) in [5, 5.41) is 39.2. The summed E-state index contributed by atoms with van der Waals surface area (Å²) in [4.78, 5) is 71.3. The standard InChI is InChI=1S/C24H23N7O10S2/c1-10(32)40-6-12-8-42-22-18(21(37)31(22)19(12)23(38)39)28-20(36)17(13-9-43-24(25)27-13)30-41-7-16(35)29-26-5-11-2-3-14(33)15(34)4-11/h2-5,9,18,22,33-34H,6-8H2,1H3,(H2,25,27)(H,28,36)(H,29,35)(H,38,39)/t18?,22-/m0/s1. The van der Waals surface area contributed by atoms with Crippen LogP contribution in [0.2, 0.25) is 0 Å². The minimum atomic E-state index is -1.39. The van der Waals surface area contributed by atoms with Crippen LogP contribution < -0.4 is 16.5 Å². The van der Waals surface area contributed by atoms with Gasteiger partial charge >= 0.3 is 11.9 Å². The van der Waals surface area contributed by atoms with Gasteiger partial charge < -0.3 is 35.9 Å². The zero-order valence-electron chi connectivity index (χ0n) is 22.0. The molecule has 1 aromatic heterocycles. The fourth-order valence-electron chi connectivity index (χ4n) is 3.78. The number of carboxylic acid groups (broad SMARTS) is 1. The number of carboxylic acids is 1. The Morgan fingerprint density at radius 2 is 2.02 bits per heavy atom. The van der Waals surface area contributed by atoms with Crippen LogP contribution in [-0.4, -0.2) is 97.2 Å². The lowest BCUT2D eigenvalue weighted by Crippen LogP contribution is -2.71. The largest absolute Gasteiger partial charge is 0.504 e. The molecule has 2 aliphatic heterocycles. The molecular weight excluding hydrogens is 610 g/mol. The van der Waals surface area contributed by atoms with Crippen LogP contribution in [0.15, 0.2) is 45.1 Å². The van der Waals surface area contributed by atoms with Crippen molar-refractivity contribution in [2.75, 3.05) is 24.7 Å². The lowest BCUT2D eigenvalue weighted by Gasteiger charge is -2.49. The first-order chi connectivity index (χ1) is 20.5. The summed E-state index contributed by atoms with van der Waals surface area (Å²) < 4.78 is 4.90. The lowest BCUT2D eigenvalue weighted by molar-refractivity contribution is -0.150. The number of hydrogen-bond acceptors (Lipinski definition) is 15. The second kappa shape index (κ2) is 13.2. The molecule has 0 saturated carbocycles. The van der Waals surface area contributed by atoms with Gasteiger partial charge in [-0.3, -0.25) is 24.1 Å². The first-order valence-corrected chi connectivity index (χ1v) is 14.0. The second-order valence-corrected chi connectivity index (χ2v) is 10.7. The summed E-state index contributed by atoms with van der Waals surface area (Å²) in [5.41, 5.74) is 7.72. The van der Waals surface area contributed by atoms with Crippen molar-refractivity contribution in [3.8, 4) is 11.5 Å². The minimum absolute atomic E-state index is 0.000260. The van der Waals surface area contributed by atoms with E-state index in [1.54, 1.807) is 0 Å². The second-order valence-electron chi connectivity index (χ2n) is 8.72. The molecule has 1 saturated heterocycles. The number of nitrogens with one attached hydrogen (secondary N) is 2. The average Bonchev–Trinajstić information content (AvgIpc) is 3.39. The molecule has 1 unspecified atom stereocenters. The minimum Gasteiger partial charge on any atom is -0.504 e. The smallest absolute Gasteiger partial charge is 0.352 e. The third-order valence-electron chi connectivity index (χ3n) is 5.72. The number of aromatic hydroxyl groups is 2. The highest BCUT2D eigenvalue weighted by atomic mass is 32.2. The predicted molar refractivity (Wildman–Crippen MR) is 151 cm³/mol. The Morgan fingerprint density at radius 3 is 2.67 bits per heavy atom. The zero-order valence-corrected chi connectivity index (χ0v) is 23.7. The number of anilines is 1. The molecule has 2 aromatic rings. The molecular formula is C24H23N7O10S2. The molecule has 0 bridgehead atoms. The Hall–Kier alpha value is -5.17. The number of esters is 1. The Bertz CT molecular complexity index is 1570. The normalized spacial score (nSPS) is 18.1. The van der Waals surface area contributed by atoms with Gasteiger partial charge in [0.2, 0.25) is 0 Å². The average molecular weight is 634 g/mol. The molecule has 17 nitrogen and oxygen atoms in total. The monoisotopic (exact) mass is 633 g/mol. The number of nitrogens with zero attached hydrogens (tertiary/aromatic N) is 4. The Labute approximate surface area is 250 Å². The van der Waals surface area contributed by atoms with Crippen molar-refractivity contribution in [1.82, 2.24) is 20.6 Å². The van der Waals surface area contributed by atoms with E-state index >= 15 is 0 Å². The van der Waals surface area contributed by atoms with E-state index in [0.717, 1.165) is 16.2 Å². The first kappa shape index (κ1) is 30.8. The Morgan fingerprint density at radius 1 is 1.26 bits per heavy atom. The number of aromatic nitrogens is 1. The summed E-state index contributed by atoms with van der Waals surface area (Å²) >= 11 is 2.17. The van der Waals surface area contributed by atoms with Gasteiger partial charge in [-0.1, -0.05) is 5.16 Å².